The van der Waals surface area contributed by atoms with Crippen molar-refractivity contribution >= 4 is 15.9 Å². The van der Waals surface area contributed by atoms with Crippen LogP contribution < -0.4 is 10.1 Å². The second-order valence-corrected chi connectivity index (χ2v) is 4.89. The minimum atomic E-state index is -2.41. The van der Waals surface area contributed by atoms with E-state index in [9.17, 15) is 8.78 Å². The van der Waals surface area contributed by atoms with Crippen molar-refractivity contribution in [1.29, 1.82) is 0 Å². The van der Waals surface area contributed by atoms with Crippen molar-refractivity contribution in [3.63, 3.8) is 0 Å². The first kappa shape index (κ1) is 16.3. The van der Waals surface area contributed by atoms with Crippen LogP contribution in [0.1, 0.15) is 18.5 Å². The lowest BCUT2D eigenvalue weighted by Crippen LogP contribution is -2.24. The SMILES string of the molecule is COc1ccc(C(C)NCCOCC(F)F)cc1Br. The molecule has 1 aromatic carbocycles. The van der Waals surface area contributed by atoms with Crippen LogP contribution in [0.4, 0.5) is 8.78 Å². The van der Waals surface area contributed by atoms with Gasteiger partial charge in [-0.05, 0) is 40.5 Å². The number of benzene rings is 1. The van der Waals surface area contributed by atoms with Crippen LogP contribution >= 0.6 is 15.9 Å². The number of hydrogen-bond acceptors (Lipinski definition) is 3. The molecule has 108 valence electrons. The van der Waals surface area contributed by atoms with Crippen molar-refractivity contribution in [1.82, 2.24) is 5.32 Å². The van der Waals surface area contributed by atoms with Gasteiger partial charge in [0.25, 0.3) is 6.43 Å². The van der Waals surface area contributed by atoms with Crippen molar-refractivity contribution in [3.8, 4) is 5.75 Å². The zero-order chi connectivity index (χ0) is 14.3. The normalized spacial score (nSPS) is 12.7. The number of alkyl halides is 2. The Bertz CT molecular complexity index is 391. The van der Waals surface area contributed by atoms with E-state index in [1.807, 2.05) is 25.1 Å². The van der Waals surface area contributed by atoms with Crippen molar-refractivity contribution in [3.05, 3.63) is 28.2 Å². The van der Waals surface area contributed by atoms with E-state index in [0.717, 1.165) is 15.8 Å². The van der Waals surface area contributed by atoms with Crippen LogP contribution in [0, 0.1) is 0 Å². The quantitative estimate of drug-likeness (QED) is 0.737. The van der Waals surface area contributed by atoms with E-state index in [0.29, 0.717) is 6.54 Å². The minimum Gasteiger partial charge on any atom is -0.496 e. The molecule has 0 saturated carbocycles. The van der Waals surface area contributed by atoms with Gasteiger partial charge in [-0.15, -0.1) is 0 Å². The minimum absolute atomic E-state index is 0.109. The van der Waals surface area contributed by atoms with Gasteiger partial charge in [0.1, 0.15) is 12.4 Å². The number of nitrogens with one attached hydrogen (secondary N) is 1. The van der Waals surface area contributed by atoms with E-state index in [4.69, 9.17) is 9.47 Å². The molecule has 0 heterocycles. The standard InChI is InChI=1S/C13H18BrF2NO2/c1-9(17-5-6-19-8-13(15)16)10-3-4-12(18-2)11(14)7-10/h3-4,7,9,13,17H,5-6,8H2,1-2H3. The highest BCUT2D eigenvalue weighted by Crippen LogP contribution is 2.27. The van der Waals surface area contributed by atoms with Crippen molar-refractivity contribution < 1.29 is 18.3 Å². The average molecular weight is 338 g/mol. The topological polar surface area (TPSA) is 30.5 Å². The summed E-state index contributed by atoms with van der Waals surface area (Å²) < 4.78 is 34.5. The average Bonchev–Trinajstić information content (AvgIpc) is 2.37. The van der Waals surface area contributed by atoms with Crippen molar-refractivity contribution in [2.24, 2.45) is 0 Å². The third-order valence-electron chi connectivity index (χ3n) is 2.62. The molecule has 0 aliphatic rings. The molecule has 6 heteroatoms. The van der Waals surface area contributed by atoms with E-state index < -0.39 is 13.0 Å². The highest BCUT2D eigenvalue weighted by Gasteiger charge is 2.08. The predicted octanol–water partition coefficient (Wildman–Crippen LogP) is 3.39. The van der Waals surface area contributed by atoms with Gasteiger partial charge in [0.05, 0.1) is 18.2 Å². The molecule has 1 N–H and O–H groups in total. The van der Waals surface area contributed by atoms with Crippen LogP contribution in [0.15, 0.2) is 22.7 Å². The van der Waals surface area contributed by atoms with Gasteiger partial charge in [-0.3, -0.25) is 0 Å². The summed E-state index contributed by atoms with van der Waals surface area (Å²) >= 11 is 3.42. The van der Waals surface area contributed by atoms with Gasteiger partial charge in [-0.1, -0.05) is 6.07 Å². The van der Waals surface area contributed by atoms with Gasteiger partial charge < -0.3 is 14.8 Å². The van der Waals surface area contributed by atoms with Crippen LogP contribution in [0.3, 0.4) is 0 Å². The Kier molecular flexibility index (Phi) is 7.27. The Labute approximate surface area is 120 Å². The van der Waals surface area contributed by atoms with E-state index >= 15 is 0 Å². The summed E-state index contributed by atoms with van der Waals surface area (Å²) in [6.07, 6.45) is -2.41. The van der Waals surface area contributed by atoms with E-state index in [-0.39, 0.29) is 12.6 Å². The second-order valence-electron chi connectivity index (χ2n) is 4.04. The predicted molar refractivity (Wildman–Crippen MR) is 73.9 cm³/mol. The number of halogens is 3. The Morgan fingerprint density at radius 3 is 2.68 bits per heavy atom. The van der Waals surface area contributed by atoms with Gasteiger partial charge in [0.2, 0.25) is 0 Å². The van der Waals surface area contributed by atoms with E-state index in [1.54, 1.807) is 7.11 Å². The molecular formula is C13H18BrF2NO2. The Morgan fingerprint density at radius 2 is 2.11 bits per heavy atom. The lowest BCUT2D eigenvalue weighted by Gasteiger charge is -2.15. The number of rotatable bonds is 8. The van der Waals surface area contributed by atoms with Gasteiger partial charge in [-0.25, -0.2) is 8.78 Å². The third kappa shape index (κ3) is 5.84. The first-order chi connectivity index (χ1) is 9.04. The molecule has 1 unspecified atom stereocenters. The molecule has 0 aliphatic heterocycles. The third-order valence-corrected chi connectivity index (χ3v) is 3.24. The fraction of sp³-hybridized carbons (Fsp3) is 0.538. The molecule has 1 aromatic rings. The van der Waals surface area contributed by atoms with Crippen LogP contribution in [-0.2, 0) is 4.74 Å². The summed E-state index contributed by atoms with van der Waals surface area (Å²) in [4.78, 5) is 0. The fourth-order valence-electron chi connectivity index (χ4n) is 1.59. The summed E-state index contributed by atoms with van der Waals surface area (Å²) in [6.45, 7) is 2.29. The number of hydrogen-bond donors (Lipinski definition) is 1. The first-order valence-electron chi connectivity index (χ1n) is 5.97. The van der Waals surface area contributed by atoms with Crippen molar-refractivity contribution in [2.75, 3.05) is 26.9 Å². The molecule has 0 bridgehead atoms. The molecule has 19 heavy (non-hydrogen) atoms. The second kappa shape index (κ2) is 8.45. The Balaban J connectivity index is 2.37. The molecule has 0 spiro atoms. The molecule has 1 rings (SSSR count). The maximum absolute atomic E-state index is 11.8. The largest absolute Gasteiger partial charge is 0.496 e. The molecule has 0 aliphatic carbocycles. The molecule has 0 fully saturated rings. The smallest absolute Gasteiger partial charge is 0.261 e. The monoisotopic (exact) mass is 337 g/mol. The lowest BCUT2D eigenvalue weighted by atomic mass is 10.1. The van der Waals surface area contributed by atoms with Crippen LogP contribution in [0.25, 0.3) is 0 Å². The summed E-state index contributed by atoms with van der Waals surface area (Å²) in [5, 5.41) is 3.21. The lowest BCUT2D eigenvalue weighted by molar-refractivity contribution is 0.0183. The maximum atomic E-state index is 11.8. The number of methoxy groups -OCH3 is 1. The van der Waals surface area contributed by atoms with Gasteiger partial charge >= 0.3 is 0 Å². The molecule has 0 amide bonds. The molecular weight excluding hydrogens is 320 g/mol. The first-order valence-corrected chi connectivity index (χ1v) is 6.76. The molecule has 0 radical (unpaired) electrons. The van der Waals surface area contributed by atoms with Crippen molar-refractivity contribution in [2.45, 2.75) is 19.4 Å². The van der Waals surface area contributed by atoms with Gasteiger partial charge in [0.15, 0.2) is 0 Å². The molecule has 3 nitrogen and oxygen atoms in total. The summed E-state index contributed by atoms with van der Waals surface area (Å²) in [5.74, 6) is 0.774. The van der Waals surface area contributed by atoms with Crippen LogP contribution in [0.2, 0.25) is 0 Å². The highest BCUT2D eigenvalue weighted by atomic mass is 79.9. The zero-order valence-corrected chi connectivity index (χ0v) is 12.5. The Morgan fingerprint density at radius 1 is 1.37 bits per heavy atom. The van der Waals surface area contributed by atoms with Gasteiger partial charge in [0, 0.05) is 12.6 Å². The van der Waals surface area contributed by atoms with Crippen LogP contribution in [-0.4, -0.2) is 33.3 Å². The van der Waals surface area contributed by atoms with E-state index in [2.05, 4.69) is 21.2 Å². The zero-order valence-electron chi connectivity index (χ0n) is 11.0. The Hall–Kier alpha value is -0.720. The maximum Gasteiger partial charge on any atom is 0.261 e. The highest BCUT2D eigenvalue weighted by molar-refractivity contribution is 9.10. The van der Waals surface area contributed by atoms with E-state index in [1.165, 1.54) is 0 Å². The van der Waals surface area contributed by atoms with Crippen LogP contribution in [0.5, 0.6) is 5.75 Å². The molecule has 0 aromatic heterocycles. The summed E-state index contributed by atoms with van der Waals surface area (Å²) in [7, 11) is 1.61. The summed E-state index contributed by atoms with van der Waals surface area (Å²) in [5.41, 5.74) is 1.08. The fourth-order valence-corrected chi connectivity index (χ4v) is 2.15. The van der Waals surface area contributed by atoms with Gasteiger partial charge in [-0.2, -0.15) is 0 Å². The molecule has 0 saturated heterocycles. The summed E-state index contributed by atoms with van der Waals surface area (Å²) in [6, 6.07) is 5.92. The number of ether oxygens (including phenoxy) is 2. The molecule has 1 atom stereocenters.